The lowest BCUT2D eigenvalue weighted by atomic mass is 9.98. The number of hydrogen-bond acceptors (Lipinski definition) is 1. The van der Waals surface area contributed by atoms with Crippen LogP contribution in [0, 0.1) is 5.82 Å². The molecule has 4 rings (SSSR count). The van der Waals surface area contributed by atoms with Gasteiger partial charge in [0.15, 0.2) is 0 Å². The van der Waals surface area contributed by atoms with Crippen LogP contribution in [-0.2, 0) is 32.1 Å². The molecule has 1 nitrogen and oxygen atoms in total. The van der Waals surface area contributed by atoms with Crippen LogP contribution in [0.2, 0.25) is 5.02 Å². The minimum Gasteiger partial charge on any atom is -0.261 e. The van der Waals surface area contributed by atoms with Crippen molar-refractivity contribution in [1.29, 1.82) is 0 Å². The van der Waals surface area contributed by atoms with Gasteiger partial charge in [-0.3, -0.25) is 4.98 Å². The molecule has 0 fully saturated rings. The number of aryl methyl sites for hydroxylation is 5. The fourth-order valence-corrected chi connectivity index (χ4v) is 4.23. The molecular weight excluding hydrogens is 429 g/mol. The zero-order valence-corrected chi connectivity index (χ0v) is 19.8. The molecule has 0 aliphatic carbocycles. The Balaban J connectivity index is 1.38. The van der Waals surface area contributed by atoms with Crippen LogP contribution >= 0.6 is 11.6 Å². The first-order chi connectivity index (χ1) is 16.1. The van der Waals surface area contributed by atoms with E-state index in [1.807, 2.05) is 61.7 Å². The monoisotopic (exact) mass is 457 g/mol. The molecule has 0 saturated carbocycles. The molecule has 3 heteroatoms. The fraction of sp³-hybridized carbons (Fsp3) is 0.233. The number of benzene rings is 3. The zero-order valence-electron chi connectivity index (χ0n) is 19.0. The van der Waals surface area contributed by atoms with Crippen molar-refractivity contribution in [2.45, 2.75) is 45.4 Å². The predicted octanol–water partition coefficient (Wildman–Crippen LogP) is 8.11. The number of fused-ring (bicyclic) bond motifs is 1. The van der Waals surface area contributed by atoms with Crippen molar-refractivity contribution in [2.24, 2.45) is 0 Å². The Morgan fingerprint density at radius 1 is 0.788 bits per heavy atom. The average Bonchev–Trinajstić information content (AvgIpc) is 2.84. The zero-order chi connectivity index (χ0) is 23.0. The maximum atomic E-state index is 15.1. The molecule has 0 atom stereocenters. The van der Waals surface area contributed by atoms with E-state index in [0.717, 1.165) is 59.3 Å². The molecule has 0 bridgehead atoms. The molecule has 0 aliphatic heterocycles. The van der Waals surface area contributed by atoms with Crippen LogP contribution in [0.1, 0.15) is 41.3 Å². The summed E-state index contributed by atoms with van der Waals surface area (Å²) in [4.78, 5) is 4.62. The van der Waals surface area contributed by atoms with Crippen molar-refractivity contribution in [2.75, 3.05) is 0 Å². The summed E-state index contributed by atoms with van der Waals surface area (Å²) in [6.45, 7) is 2.05. The van der Waals surface area contributed by atoms with Gasteiger partial charge in [0.05, 0.1) is 0 Å². The van der Waals surface area contributed by atoms with Crippen molar-refractivity contribution < 1.29 is 4.39 Å². The van der Waals surface area contributed by atoms with Gasteiger partial charge in [0.25, 0.3) is 0 Å². The molecule has 0 aliphatic rings. The normalized spacial score (nSPS) is 11.5. The highest BCUT2D eigenvalue weighted by Crippen LogP contribution is 2.24. The van der Waals surface area contributed by atoms with Gasteiger partial charge in [-0.05, 0) is 91.3 Å². The van der Waals surface area contributed by atoms with E-state index >= 15 is 4.39 Å². The number of halogens is 2. The predicted molar refractivity (Wildman–Crippen MR) is 138 cm³/mol. The first-order valence-corrected chi connectivity index (χ1v) is 12.0. The lowest BCUT2D eigenvalue weighted by Gasteiger charge is -2.09. The maximum Gasteiger partial charge on any atom is 0.134 e. The molecule has 168 valence electrons. The van der Waals surface area contributed by atoms with E-state index in [4.69, 9.17) is 11.6 Å². The number of rotatable bonds is 9. The van der Waals surface area contributed by atoms with E-state index < -0.39 is 0 Å². The second-order valence-electron chi connectivity index (χ2n) is 8.49. The minimum absolute atomic E-state index is 0.108. The fourth-order valence-electron chi connectivity index (χ4n) is 4.11. The van der Waals surface area contributed by atoms with Crippen LogP contribution < -0.4 is 0 Å². The molecule has 1 heterocycles. The molecule has 3 aromatic carbocycles. The third-order valence-corrected chi connectivity index (χ3v) is 6.34. The summed E-state index contributed by atoms with van der Waals surface area (Å²) in [5.41, 5.74) is 5.48. The molecule has 4 aromatic rings. The van der Waals surface area contributed by atoms with Crippen molar-refractivity contribution >= 4 is 22.4 Å². The van der Waals surface area contributed by atoms with Gasteiger partial charge in [0.1, 0.15) is 5.82 Å². The van der Waals surface area contributed by atoms with Crippen molar-refractivity contribution in [1.82, 2.24) is 4.98 Å². The first kappa shape index (κ1) is 23.2. The summed E-state index contributed by atoms with van der Waals surface area (Å²) in [5.74, 6) is -0.108. The Labute approximate surface area is 201 Å². The highest BCUT2D eigenvalue weighted by Gasteiger charge is 2.09. The van der Waals surface area contributed by atoms with Gasteiger partial charge in [0, 0.05) is 22.3 Å². The smallest absolute Gasteiger partial charge is 0.134 e. The number of hydrogen-bond donors (Lipinski definition) is 0. The Bertz CT molecular complexity index is 1230. The van der Waals surface area contributed by atoms with E-state index in [1.165, 1.54) is 11.1 Å². The van der Waals surface area contributed by atoms with E-state index in [0.29, 0.717) is 11.8 Å². The average molecular weight is 458 g/mol. The maximum absolute atomic E-state index is 15.1. The van der Waals surface area contributed by atoms with E-state index in [2.05, 4.69) is 35.3 Å². The highest BCUT2D eigenvalue weighted by atomic mass is 35.5. The highest BCUT2D eigenvalue weighted by molar-refractivity contribution is 6.30. The van der Waals surface area contributed by atoms with Gasteiger partial charge in [-0.2, -0.15) is 0 Å². The minimum atomic E-state index is -0.108. The molecular formula is C30H29ClFN. The summed E-state index contributed by atoms with van der Waals surface area (Å²) >= 11 is 5.95. The molecule has 33 heavy (non-hydrogen) atoms. The molecule has 0 spiro atoms. The molecule has 0 radical (unpaired) electrons. The Morgan fingerprint density at radius 2 is 1.55 bits per heavy atom. The summed E-state index contributed by atoms with van der Waals surface area (Å²) in [6.07, 6.45) is 11.5. The van der Waals surface area contributed by atoms with E-state index in [-0.39, 0.29) is 5.82 Å². The van der Waals surface area contributed by atoms with Crippen LogP contribution in [0.15, 0.2) is 85.1 Å². The topological polar surface area (TPSA) is 12.9 Å². The van der Waals surface area contributed by atoms with Gasteiger partial charge < -0.3 is 0 Å². The Hall–Kier alpha value is -2.97. The van der Waals surface area contributed by atoms with Crippen LogP contribution in [0.4, 0.5) is 4.39 Å². The van der Waals surface area contributed by atoms with Crippen molar-refractivity contribution in [3.05, 3.63) is 124 Å². The van der Waals surface area contributed by atoms with Crippen LogP contribution in [0.25, 0.3) is 10.8 Å². The van der Waals surface area contributed by atoms with Crippen LogP contribution in [0.3, 0.4) is 0 Å². The molecule has 0 unspecified atom stereocenters. The van der Waals surface area contributed by atoms with Gasteiger partial charge >= 0.3 is 0 Å². The second-order valence-corrected chi connectivity index (χ2v) is 8.92. The van der Waals surface area contributed by atoms with Crippen LogP contribution in [0.5, 0.6) is 0 Å². The molecule has 0 N–H and O–H groups in total. The Kier molecular flexibility index (Phi) is 7.91. The number of aromatic nitrogens is 1. The largest absolute Gasteiger partial charge is 0.261 e. The number of nitrogens with zero attached hydrogens (tertiary/aromatic N) is 1. The molecule has 1 aromatic heterocycles. The molecule has 0 saturated heterocycles. The summed E-state index contributed by atoms with van der Waals surface area (Å²) < 4.78 is 15.1. The quantitative estimate of drug-likeness (QED) is 0.231. The summed E-state index contributed by atoms with van der Waals surface area (Å²) in [7, 11) is 0. The van der Waals surface area contributed by atoms with E-state index in [1.54, 1.807) is 0 Å². The van der Waals surface area contributed by atoms with E-state index in [9.17, 15) is 0 Å². The summed E-state index contributed by atoms with van der Waals surface area (Å²) in [6, 6.07) is 22.1. The van der Waals surface area contributed by atoms with Gasteiger partial charge in [-0.15, -0.1) is 0 Å². The number of allylic oxidation sites excluding steroid dienone is 2. The third kappa shape index (κ3) is 6.30. The number of pyridine rings is 1. The Morgan fingerprint density at radius 3 is 2.30 bits per heavy atom. The second kappa shape index (κ2) is 11.2. The standard InChI is InChI=1S/C30H29ClFN/c1-2-3-4-5-24-10-18-28(33-21-24)17-9-23-11-19-29-26(20-23)14-13-25(30(29)32)12-6-22-7-15-27(31)16-8-22/h2-3,7-8,10-11,13-16,18-21H,4-6,9,12,17H2,1H3/b3-2+. The van der Waals surface area contributed by atoms with Crippen LogP contribution in [-0.4, -0.2) is 4.98 Å². The summed E-state index contributed by atoms with van der Waals surface area (Å²) in [5, 5.41) is 2.36. The SMILES string of the molecule is C/C=C/CCc1ccc(CCc2ccc3c(F)c(CCc4ccc(Cl)cc4)ccc3c2)nc1. The third-order valence-electron chi connectivity index (χ3n) is 6.09. The molecule has 0 amide bonds. The first-order valence-electron chi connectivity index (χ1n) is 11.6. The lowest BCUT2D eigenvalue weighted by Crippen LogP contribution is -1.98. The van der Waals surface area contributed by atoms with Crippen molar-refractivity contribution in [3.8, 4) is 0 Å². The van der Waals surface area contributed by atoms with Gasteiger partial charge in [-0.1, -0.05) is 72.3 Å². The lowest BCUT2D eigenvalue weighted by molar-refractivity contribution is 0.620. The van der Waals surface area contributed by atoms with Gasteiger partial charge in [-0.25, -0.2) is 4.39 Å². The van der Waals surface area contributed by atoms with Gasteiger partial charge in [0.2, 0.25) is 0 Å². The van der Waals surface area contributed by atoms with Crippen molar-refractivity contribution in [3.63, 3.8) is 0 Å².